The quantitative estimate of drug-likeness (QED) is 0.477. The van der Waals surface area contributed by atoms with Gasteiger partial charge in [-0.05, 0) is 11.6 Å². The molecule has 6 heteroatoms. The Morgan fingerprint density at radius 3 is 2.69 bits per heavy atom. The molecule has 86 valence electrons. The van der Waals surface area contributed by atoms with E-state index in [0.29, 0.717) is 10.9 Å². The summed E-state index contributed by atoms with van der Waals surface area (Å²) >= 11 is 8.57. The molecule has 16 heavy (non-hydrogen) atoms. The van der Waals surface area contributed by atoms with Crippen LogP contribution < -0.4 is 0 Å². The van der Waals surface area contributed by atoms with E-state index in [4.69, 9.17) is 11.6 Å². The number of benzene rings is 1. The Morgan fingerprint density at radius 1 is 1.50 bits per heavy atom. The summed E-state index contributed by atoms with van der Waals surface area (Å²) in [5.41, 5.74) is 1.36. The fourth-order valence-electron chi connectivity index (χ4n) is 1.31. The third-order valence-corrected chi connectivity index (χ3v) is 2.94. The van der Waals surface area contributed by atoms with Crippen LogP contribution >= 0.6 is 27.5 Å². The average molecular weight is 307 g/mol. The van der Waals surface area contributed by atoms with Crippen LogP contribution in [0, 0.1) is 10.1 Å². The maximum absolute atomic E-state index is 11.1. The average Bonchev–Trinajstić information content (AvgIpc) is 2.28. The Bertz CT molecular complexity index is 423. The Balaban J connectivity index is 2.99. The molecule has 0 unspecified atom stereocenters. The van der Waals surface area contributed by atoms with E-state index in [1.165, 1.54) is 6.07 Å². The third-order valence-electron chi connectivity index (χ3n) is 2.03. The molecule has 0 N–H and O–H groups in total. The number of nitro benzene ring substituents is 1. The number of alkyl halides is 2. The lowest BCUT2D eigenvalue weighted by atomic mass is 10.1. The molecule has 0 aliphatic heterocycles. The largest absolute Gasteiger partial charge is 0.298 e. The molecule has 0 fully saturated rings. The number of rotatable bonds is 5. The Kier molecular flexibility index (Phi) is 4.89. The normalized spacial score (nSPS) is 10.1. The summed E-state index contributed by atoms with van der Waals surface area (Å²) in [6.45, 7) is 0. The molecule has 0 saturated carbocycles. The molecule has 1 rings (SSSR count). The van der Waals surface area contributed by atoms with E-state index in [1.807, 2.05) is 0 Å². The molecule has 0 bridgehead atoms. The van der Waals surface area contributed by atoms with Crippen LogP contribution in [0.5, 0.6) is 0 Å². The van der Waals surface area contributed by atoms with Crippen molar-refractivity contribution in [2.75, 3.05) is 5.88 Å². The van der Waals surface area contributed by atoms with Crippen molar-refractivity contribution in [3.8, 4) is 0 Å². The molecule has 4 nitrogen and oxygen atoms in total. The minimum Gasteiger partial charge on any atom is -0.298 e. The molecule has 0 aliphatic rings. The zero-order valence-electron chi connectivity index (χ0n) is 8.28. The third kappa shape index (κ3) is 3.28. The summed E-state index contributed by atoms with van der Waals surface area (Å²) in [7, 11) is 0. The molecule has 0 radical (unpaired) electrons. The second-order valence-electron chi connectivity index (χ2n) is 3.20. The van der Waals surface area contributed by atoms with Crippen LogP contribution in [0.25, 0.3) is 0 Å². The van der Waals surface area contributed by atoms with E-state index in [1.54, 1.807) is 12.1 Å². The predicted molar refractivity (Wildman–Crippen MR) is 65.2 cm³/mol. The summed E-state index contributed by atoms with van der Waals surface area (Å²) in [4.78, 5) is 21.3. The highest BCUT2D eigenvalue weighted by molar-refractivity contribution is 9.08. The lowest BCUT2D eigenvalue weighted by molar-refractivity contribution is -0.385. The second-order valence-corrected chi connectivity index (χ2v) is 4.03. The number of hydrogen-bond acceptors (Lipinski definition) is 3. The van der Waals surface area contributed by atoms with Crippen LogP contribution in [0.2, 0.25) is 0 Å². The first-order chi connectivity index (χ1) is 7.58. The van der Waals surface area contributed by atoms with Gasteiger partial charge in [0, 0.05) is 23.4 Å². The number of nitrogens with zero attached hydrogens (tertiary/aromatic N) is 1. The van der Waals surface area contributed by atoms with Gasteiger partial charge in [0.1, 0.15) is 0 Å². The van der Waals surface area contributed by atoms with E-state index < -0.39 is 4.92 Å². The zero-order valence-corrected chi connectivity index (χ0v) is 10.6. The Hall–Kier alpha value is -0.940. The summed E-state index contributed by atoms with van der Waals surface area (Å²) in [6.07, 6.45) is 0.210. The molecule has 0 atom stereocenters. The van der Waals surface area contributed by atoms with Gasteiger partial charge in [-0.1, -0.05) is 22.0 Å². The molecule has 1 aromatic carbocycles. The first-order valence-electron chi connectivity index (χ1n) is 4.48. The van der Waals surface area contributed by atoms with E-state index in [2.05, 4.69) is 15.9 Å². The molecular formula is C10H9BrClNO3. The van der Waals surface area contributed by atoms with E-state index in [0.717, 1.165) is 5.56 Å². The topological polar surface area (TPSA) is 60.2 Å². The highest BCUT2D eigenvalue weighted by Crippen LogP contribution is 2.22. The number of hydrogen-bond donors (Lipinski definition) is 0. The van der Waals surface area contributed by atoms with Crippen molar-refractivity contribution in [3.63, 3.8) is 0 Å². The predicted octanol–water partition coefficient (Wildman–Crippen LogP) is 2.84. The number of carbonyl (C=O) groups is 1. The smallest absolute Gasteiger partial charge is 0.273 e. The lowest BCUT2D eigenvalue weighted by Crippen LogP contribution is -2.04. The van der Waals surface area contributed by atoms with Gasteiger partial charge in [0.2, 0.25) is 0 Å². The number of halogens is 2. The van der Waals surface area contributed by atoms with Gasteiger partial charge < -0.3 is 0 Å². The van der Waals surface area contributed by atoms with E-state index >= 15 is 0 Å². The van der Waals surface area contributed by atoms with Crippen molar-refractivity contribution >= 4 is 39.0 Å². The maximum Gasteiger partial charge on any atom is 0.273 e. The minimum atomic E-state index is -0.441. The van der Waals surface area contributed by atoms with Gasteiger partial charge in [-0.2, -0.15) is 0 Å². The lowest BCUT2D eigenvalue weighted by Gasteiger charge is -2.03. The molecule has 0 spiro atoms. The van der Waals surface area contributed by atoms with Gasteiger partial charge in [0.25, 0.3) is 5.69 Å². The van der Waals surface area contributed by atoms with Gasteiger partial charge in [0.15, 0.2) is 5.78 Å². The van der Waals surface area contributed by atoms with Crippen LogP contribution in [0.1, 0.15) is 11.1 Å². The van der Waals surface area contributed by atoms with Crippen LogP contribution in [0.3, 0.4) is 0 Å². The van der Waals surface area contributed by atoms with Crippen LogP contribution in [-0.4, -0.2) is 16.6 Å². The zero-order chi connectivity index (χ0) is 12.1. The Morgan fingerprint density at radius 2 is 2.19 bits per heavy atom. The highest BCUT2D eigenvalue weighted by Gasteiger charge is 2.13. The van der Waals surface area contributed by atoms with Crippen LogP contribution in [0.15, 0.2) is 18.2 Å². The first kappa shape index (κ1) is 13.1. The maximum atomic E-state index is 11.1. The van der Waals surface area contributed by atoms with Crippen molar-refractivity contribution < 1.29 is 9.72 Å². The van der Waals surface area contributed by atoms with E-state index in [-0.39, 0.29) is 23.8 Å². The van der Waals surface area contributed by atoms with Crippen LogP contribution in [-0.2, 0) is 16.5 Å². The SMILES string of the molecule is O=C(CCl)Cc1ccc([N+](=O)[O-])c(CBr)c1. The van der Waals surface area contributed by atoms with Gasteiger partial charge in [-0.3, -0.25) is 14.9 Å². The molecule has 0 heterocycles. The van der Waals surface area contributed by atoms with Crippen molar-refractivity contribution in [2.24, 2.45) is 0 Å². The molecule has 0 amide bonds. The summed E-state index contributed by atoms with van der Waals surface area (Å²) < 4.78 is 0. The second kappa shape index (κ2) is 5.96. The van der Waals surface area contributed by atoms with Crippen molar-refractivity contribution in [1.82, 2.24) is 0 Å². The molecule has 0 aromatic heterocycles. The van der Waals surface area contributed by atoms with Gasteiger partial charge in [-0.15, -0.1) is 11.6 Å². The van der Waals surface area contributed by atoms with Crippen LogP contribution in [0.4, 0.5) is 5.69 Å². The monoisotopic (exact) mass is 305 g/mol. The number of carbonyl (C=O) groups excluding carboxylic acids is 1. The standard InChI is InChI=1S/C10H9BrClNO3/c11-5-8-3-7(4-9(14)6-12)1-2-10(8)13(15)16/h1-3H,4-6H2. The fraction of sp³-hybridized carbons (Fsp3) is 0.300. The molecular weight excluding hydrogens is 297 g/mol. The van der Waals surface area contributed by atoms with E-state index in [9.17, 15) is 14.9 Å². The molecule has 1 aromatic rings. The van der Waals surface area contributed by atoms with Gasteiger partial charge >= 0.3 is 0 Å². The summed E-state index contributed by atoms with van der Waals surface area (Å²) in [5, 5.41) is 11.0. The fourth-order valence-corrected chi connectivity index (χ4v) is 1.85. The van der Waals surface area contributed by atoms with Crippen molar-refractivity contribution in [1.29, 1.82) is 0 Å². The molecule has 0 saturated heterocycles. The van der Waals surface area contributed by atoms with Gasteiger partial charge in [0.05, 0.1) is 10.8 Å². The summed E-state index contributed by atoms with van der Waals surface area (Å²) in [5.74, 6) is -0.142. The number of Topliss-reactive ketones (excluding diaryl/α,β-unsaturated/α-hetero) is 1. The van der Waals surface area contributed by atoms with Gasteiger partial charge in [-0.25, -0.2) is 0 Å². The highest BCUT2D eigenvalue weighted by atomic mass is 79.9. The number of nitro groups is 1. The molecule has 0 aliphatic carbocycles. The first-order valence-corrected chi connectivity index (χ1v) is 6.14. The summed E-state index contributed by atoms with van der Waals surface area (Å²) in [6, 6.07) is 4.64. The Labute approximate surface area is 106 Å². The number of ketones is 1. The van der Waals surface area contributed by atoms with Crippen molar-refractivity contribution in [3.05, 3.63) is 39.4 Å². The minimum absolute atomic E-state index is 0.0410. The van der Waals surface area contributed by atoms with Crippen molar-refractivity contribution in [2.45, 2.75) is 11.8 Å².